The molecule has 0 aliphatic heterocycles. The van der Waals surface area contributed by atoms with Crippen molar-refractivity contribution in [1.82, 2.24) is 5.32 Å². The van der Waals surface area contributed by atoms with E-state index < -0.39 is 35.6 Å². The highest BCUT2D eigenvalue weighted by Crippen LogP contribution is 2.16. The van der Waals surface area contributed by atoms with Crippen molar-refractivity contribution in [2.45, 2.75) is 78.6 Å². The van der Waals surface area contributed by atoms with Crippen LogP contribution in [0.3, 0.4) is 0 Å². The molecule has 7 heteroatoms. The number of aliphatic carboxylic acids is 1. The van der Waals surface area contributed by atoms with Crippen molar-refractivity contribution in [3.63, 3.8) is 0 Å². The third-order valence-electron chi connectivity index (χ3n) is 3.12. The molecule has 2 unspecified atom stereocenters. The number of carboxylic acids is 1. The zero-order chi connectivity index (χ0) is 18.2. The van der Waals surface area contributed by atoms with Crippen LogP contribution in [-0.2, 0) is 19.1 Å². The second-order valence-electron chi connectivity index (χ2n) is 6.51. The van der Waals surface area contributed by atoms with Gasteiger partial charge in [-0.3, -0.25) is 9.59 Å². The number of amides is 1. The predicted molar refractivity (Wildman–Crippen MR) is 85.0 cm³/mol. The van der Waals surface area contributed by atoms with E-state index in [9.17, 15) is 19.5 Å². The molecule has 1 amide bonds. The Morgan fingerprint density at radius 1 is 1.17 bits per heavy atom. The molecule has 7 nitrogen and oxygen atoms in total. The molecule has 0 radical (unpaired) electrons. The van der Waals surface area contributed by atoms with Crippen LogP contribution in [0, 0.1) is 5.92 Å². The molecule has 0 saturated carbocycles. The van der Waals surface area contributed by atoms with Gasteiger partial charge in [-0.25, -0.2) is 4.79 Å². The average Bonchev–Trinajstić information content (AvgIpc) is 2.35. The SMILES string of the molecule is CCCC(NC(=O)OC(C)(C)C)[C@H](C(=O)O)C(=O)OC(C)CC. The number of hydrogen-bond donors (Lipinski definition) is 2. The molecule has 23 heavy (non-hydrogen) atoms. The molecular formula is C16H29NO6. The Hall–Kier alpha value is -1.79. The van der Waals surface area contributed by atoms with E-state index in [-0.39, 0.29) is 6.10 Å². The Kier molecular flexibility index (Phi) is 8.64. The first-order valence-corrected chi connectivity index (χ1v) is 7.94. The fourth-order valence-corrected chi connectivity index (χ4v) is 1.88. The quantitative estimate of drug-likeness (QED) is 0.524. The normalized spacial score (nSPS) is 15.2. The summed E-state index contributed by atoms with van der Waals surface area (Å²) in [6.45, 7) is 10.5. The number of esters is 1. The molecule has 0 aromatic rings. The third kappa shape index (κ3) is 8.42. The van der Waals surface area contributed by atoms with Gasteiger partial charge in [-0.2, -0.15) is 0 Å². The Balaban J connectivity index is 5.13. The van der Waals surface area contributed by atoms with E-state index in [1.165, 1.54) is 0 Å². The zero-order valence-corrected chi connectivity index (χ0v) is 14.8. The maximum atomic E-state index is 12.1. The van der Waals surface area contributed by atoms with Crippen LogP contribution in [0.15, 0.2) is 0 Å². The zero-order valence-electron chi connectivity index (χ0n) is 14.8. The Labute approximate surface area is 137 Å². The summed E-state index contributed by atoms with van der Waals surface area (Å²) < 4.78 is 10.3. The van der Waals surface area contributed by atoms with E-state index in [4.69, 9.17) is 9.47 Å². The average molecular weight is 331 g/mol. The topological polar surface area (TPSA) is 102 Å². The summed E-state index contributed by atoms with van der Waals surface area (Å²) in [5.74, 6) is -3.63. The van der Waals surface area contributed by atoms with E-state index in [0.717, 1.165) is 0 Å². The van der Waals surface area contributed by atoms with E-state index in [2.05, 4.69) is 5.32 Å². The van der Waals surface area contributed by atoms with Crippen molar-refractivity contribution < 1.29 is 29.0 Å². The highest BCUT2D eigenvalue weighted by atomic mass is 16.6. The molecule has 0 rings (SSSR count). The fourth-order valence-electron chi connectivity index (χ4n) is 1.88. The predicted octanol–water partition coefficient (Wildman–Crippen LogP) is 2.72. The first-order valence-electron chi connectivity index (χ1n) is 7.94. The summed E-state index contributed by atoms with van der Waals surface area (Å²) in [5, 5.41) is 11.9. The second kappa shape index (κ2) is 9.37. The van der Waals surface area contributed by atoms with E-state index >= 15 is 0 Å². The molecule has 0 bridgehead atoms. The van der Waals surface area contributed by atoms with Crippen LogP contribution in [0.5, 0.6) is 0 Å². The van der Waals surface area contributed by atoms with Crippen molar-refractivity contribution >= 4 is 18.0 Å². The van der Waals surface area contributed by atoms with Gasteiger partial charge in [-0.05, 0) is 40.5 Å². The molecule has 0 spiro atoms. The van der Waals surface area contributed by atoms with Crippen molar-refractivity contribution in [2.24, 2.45) is 5.92 Å². The Morgan fingerprint density at radius 3 is 2.13 bits per heavy atom. The Morgan fingerprint density at radius 2 is 1.74 bits per heavy atom. The maximum Gasteiger partial charge on any atom is 0.407 e. The third-order valence-corrected chi connectivity index (χ3v) is 3.12. The highest BCUT2D eigenvalue weighted by Gasteiger charge is 2.38. The summed E-state index contributed by atoms with van der Waals surface area (Å²) in [5.41, 5.74) is -0.712. The maximum absolute atomic E-state index is 12.1. The monoisotopic (exact) mass is 331 g/mol. The molecule has 3 atom stereocenters. The van der Waals surface area contributed by atoms with Crippen LogP contribution in [0.1, 0.15) is 60.8 Å². The first kappa shape index (κ1) is 21.2. The lowest BCUT2D eigenvalue weighted by Gasteiger charge is -2.26. The molecule has 0 saturated heterocycles. The van der Waals surface area contributed by atoms with Crippen molar-refractivity contribution in [3.8, 4) is 0 Å². The molecule has 0 aromatic carbocycles. The fraction of sp³-hybridized carbons (Fsp3) is 0.812. The van der Waals surface area contributed by atoms with Crippen LogP contribution in [-0.4, -0.2) is 40.9 Å². The molecule has 134 valence electrons. The molecule has 0 aromatic heterocycles. The first-order chi connectivity index (χ1) is 10.5. The van der Waals surface area contributed by atoms with Gasteiger partial charge in [0, 0.05) is 0 Å². The molecule has 0 aliphatic carbocycles. The lowest BCUT2D eigenvalue weighted by atomic mass is 9.96. The van der Waals surface area contributed by atoms with Crippen LogP contribution in [0.4, 0.5) is 4.79 Å². The van der Waals surface area contributed by atoms with E-state index in [1.54, 1.807) is 27.7 Å². The van der Waals surface area contributed by atoms with Gasteiger partial charge < -0.3 is 19.9 Å². The van der Waals surface area contributed by atoms with Crippen molar-refractivity contribution in [1.29, 1.82) is 0 Å². The summed E-state index contributed by atoms with van der Waals surface area (Å²) in [6, 6.07) is -0.885. The number of carbonyl (C=O) groups is 3. The van der Waals surface area contributed by atoms with Crippen LogP contribution in [0.25, 0.3) is 0 Å². The minimum Gasteiger partial charge on any atom is -0.481 e. The van der Waals surface area contributed by atoms with Gasteiger partial charge in [0.25, 0.3) is 0 Å². The summed E-state index contributed by atoms with van der Waals surface area (Å²) >= 11 is 0. The van der Waals surface area contributed by atoms with Crippen molar-refractivity contribution in [2.75, 3.05) is 0 Å². The minimum absolute atomic E-state index is 0.325. The number of carbonyl (C=O) groups excluding carboxylic acids is 2. The highest BCUT2D eigenvalue weighted by molar-refractivity contribution is 5.95. The molecule has 2 N–H and O–H groups in total. The summed E-state index contributed by atoms with van der Waals surface area (Å²) in [4.78, 5) is 35.5. The number of rotatable bonds is 8. The van der Waals surface area contributed by atoms with E-state index in [1.807, 2.05) is 13.8 Å². The number of ether oxygens (including phenoxy) is 2. The Bertz CT molecular complexity index is 415. The molecule has 0 fully saturated rings. The summed E-state index contributed by atoms with van der Waals surface area (Å²) in [6.07, 6.45) is 0.370. The molecule has 0 heterocycles. The van der Waals surface area contributed by atoms with Gasteiger partial charge >= 0.3 is 18.0 Å². The summed E-state index contributed by atoms with van der Waals surface area (Å²) in [7, 11) is 0. The minimum atomic E-state index is -1.46. The van der Waals surface area contributed by atoms with Gasteiger partial charge in [0.2, 0.25) is 0 Å². The van der Waals surface area contributed by atoms with Gasteiger partial charge in [-0.15, -0.1) is 0 Å². The van der Waals surface area contributed by atoms with Crippen LogP contribution < -0.4 is 5.32 Å². The lowest BCUT2D eigenvalue weighted by Crippen LogP contribution is -2.49. The van der Waals surface area contributed by atoms with Gasteiger partial charge in [0.15, 0.2) is 5.92 Å². The number of hydrogen-bond acceptors (Lipinski definition) is 5. The van der Waals surface area contributed by atoms with Crippen LogP contribution >= 0.6 is 0 Å². The molecule has 0 aliphatic rings. The second-order valence-corrected chi connectivity index (χ2v) is 6.51. The van der Waals surface area contributed by atoms with Crippen LogP contribution in [0.2, 0.25) is 0 Å². The largest absolute Gasteiger partial charge is 0.481 e. The smallest absolute Gasteiger partial charge is 0.407 e. The lowest BCUT2D eigenvalue weighted by molar-refractivity contribution is -0.163. The standard InChI is InChI=1S/C16H29NO6/c1-7-9-11(17-15(21)23-16(4,5)6)12(13(18)19)14(20)22-10(3)8-2/h10-12H,7-9H2,1-6H3,(H,17,21)(H,18,19)/t10?,11?,12-/m1/s1. The number of alkyl carbamates (subject to hydrolysis) is 1. The van der Waals surface area contributed by atoms with Crippen molar-refractivity contribution in [3.05, 3.63) is 0 Å². The number of nitrogens with one attached hydrogen (secondary N) is 1. The van der Waals surface area contributed by atoms with Gasteiger partial charge in [0.1, 0.15) is 5.60 Å². The van der Waals surface area contributed by atoms with E-state index in [0.29, 0.717) is 19.3 Å². The molecular weight excluding hydrogens is 302 g/mol. The number of carboxylic acid groups (broad SMARTS) is 1. The van der Waals surface area contributed by atoms with Gasteiger partial charge in [-0.1, -0.05) is 20.3 Å². The van der Waals surface area contributed by atoms with Gasteiger partial charge in [0.05, 0.1) is 12.1 Å².